The maximum Gasteiger partial charge on any atom is 0.208 e. The topological polar surface area (TPSA) is 22.7 Å². The molecule has 6 radical (unpaired) electrons. The molecule has 0 aliphatic carbocycles. The van der Waals surface area contributed by atoms with Crippen molar-refractivity contribution in [2.45, 2.75) is 59.7 Å². The van der Waals surface area contributed by atoms with Crippen molar-refractivity contribution in [3.63, 3.8) is 0 Å². The third-order valence-electron chi connectivity index (χ3n) is 5.59. The van der Waals surface area contributed by atoms with Crippen LogP contribution in [0.3, 0.4) is 0 Å². The highest BCUT2D eigenvalue weighted by Gasteiger charge is 2.21. The molecule has 31 heavy (non-hydrogen) atoms. The first kappa shape index (κ1) is 23.6. The molecule has 7 nitrogen and oxygen atoms in total. The van der Waals surface area contributed by atoms with Crippen LogP contribution in [0.4, 0.5) is 0 Å². The van der Waals surface area contributed by atoms with Gasteiger partial charge in [0.2, 0.25) is 20.0 Å². The predicted molar refractivity (Wildman–Crippen MR) is 125 cm³/mol. The molecule has 0 spiro atoms. The van der Waals surface area contributed by atoms with Gasteiger partial charge in [-0.25, -0.2) is 0 Å². The van der Waals surface area contributed by atoms with E-state index in [0.717, 1.165) is 39.3 Å². The Labute approximate surface area is 190 Å². The Kier molecular flexibility index (Phi) is 8.41. The molecule has 0 fully saturated rings. The Hall–Kier alpha value is -2.02. The van der Waals surface area contributed by atoms with Crippen molar-refractivity contribution in [2.24, 2.45) is 0 Å². The lowest BCUT2D eigenvalue weighted by Crippen LogP contribution is -2.40. The van der Waals surface area contributed by atoms with Gasteiger partial charge < -0.3 is 29.4 Å². The molecule has 7 heteroatoms. The molecule has 0 amide bonds. The highest BCUT2D eigenvalue weighted by Crippen LogP contribution is 2.17. The van der Waals surface area contributed by atoms with Gasteiger partial charge in [-0.15, -0.1) is 0 Å². The number of hydrogen-bond acceptors (Lipinski definition) is 7. The average molecular weight is 426 g/mol. The number of nitrogens with zero attached hydrogens (tertiary/aromatic N) is 7. The molecule has 0 aromatic carbocycles. The van der Waals surface area contributed by atoms with E-state index in [9.17, 15) is 0 Å². The van der Waals surface area contributed by atoms with Crippen LogP contribution in [0.5, 0.6) is 0 Å². The van der Waals surface area contributed by atoms with Crippen molar-refractivity contribution in [1.29, 1.82) is 0 Å². The quantitative estimate of drug-likeness (QED) is 0.474. The summed E-state index contributed by atoms with van der Waals surface area (Å²) >= 11 is 0. The van der Waals surface area contributed by atoms with E-state index in [1.165, 1.54) is 0 Å². The molecule has 0 aromatic heterocycles. The molecule has 0 atom stereocenters. The zero-order chi connectivity index (χ0) is 22.4. The Bertz CT molecular complexity index is 542. The van der Waals surface area contributed by atoms with Gasteiger partial charge in [0.05, 0.1) is 0 Å². The van der Waals surface area contributed by atoms with E-state index >= 15 is 0 Å². The molecule has 3 aliphatic rings. The molecule has 0 saturated carbocycles. The first-order valence-corrected chi connectivity index (χ1v) is 11.5. The summed E-state index contributed by atoms with van der Waals surface area (Å²) in [5.41, 5.74) is 0. The molecule has 0 aromatic rings. The molecular weight excluding hydrogens is 386 g/mol. The van der Waals surface area contributed by atoms with Gasteiger partial charge in [0, 0.05) is 94.6 Å². The standard InChI is InChI=1S/C24H39N7/c1-22(2)29-16-13-26(19-29)10-7-25(8-11-27-14-17-30(20-27)23(3)4)9-12-28-15-18-31(21-28)24(5)6/h13-18,22-24H,7-12H2,1-6H3. The van der Waals surface area contributed by atoms with E-state index in [1.54, 1.807) is 0 Å². The highest BCUT2D eigenvalue weighted by molar-refractivity contribution is 5.01. The third kappa shape index (κ3) is 6.99. The van der Waals surface area contributed by atoms with E-state index in [2.05, 4.69) is 133 Å². The lowest BCUT2D eigenvalue weighted by Gasteiger charge is -2.30. The minimum atomic E-state index is 0.436. The number of rotatable bonds is 12. The molecule has 3 heterocycles. The smallest absolute Gasteiger partial charge is 0.208 e. The zero-order valence-electron chi connectivity index (χ0n) is 20.1. The van der Waals surface area contributed by atoms with Crippen LogP contribution in [0, 0.1) is 20.0 Å². The van der Waals surface area contributed by atoms with Crippen LogP contribution < -0.4 is 0 Å². The van der Waals surface area contributed by atoms with Gasteiger partial charge in [-0.3, -0.25) is 4.90 Å². The second kappa shape index (κ2) is 11.0. The second-order valence-electron chi connectivity index (χ2n) is 9.12. The van der Waals surface area contributed by atoms with Gasteiger partial charge in [-0.05, 0) is 41.5 Å². The largest absolute Gasteiger partial charge is 0.345 e. The lowest BCUT2D eigenvalue weighted by molar-refractivity contribution is 0.195. The van der Waals surface area contributed by atoms with E-state index in [-0.39, 0.29) is 0 Å². The molecule has 0 unspecified atom stereocenters. The minimum absolute atomic E-state index is 0.436. The first-order valence-electron chi connectivity index (χ1n) is 11.5. The minimum Gasteiger partial charge on any atom is -0.345 e. The Morgan fingerprint density at radius 3 is 1.03 bits per heavy atom. The van der Waals surface area contributed by atoms with Crippen LogP contribution in [-0.2, 0) is 0 Å². The van der Waals surface area contributed by atoms with Crippen molar-refractivity contribution in [1.82, 2.24) is 34.3 Å². The SMILES string of the molecule is CC(C)N1[C]N(CCN(CCN2[C]N(C(C)C)C=C2)CCN2[C]N(C(C)C)C=C2)C=C1. The van der Waals surface area contributed by atoms with Crippen LogP contribution in [0.25, 0.3) is 0 Å². The van der Waals surface area contributed by atoms with E-state index in [1.807, 2.05) is 0 Å². The zero-order valence-corrected chi connectivity index (χ0v) is 20.1. The summed E-state index contributed by atoms with van der Waals surface area (Å²) in [6.45, 7) is 29.1. The molecular formula is C24H39N7. The highest BCUT2D eigenvalue weighted by atomic mass is 15.4. The summed E-state index contributed by atoms with van der Waals surface area (Å²) in [4.78, 5) is 15.4. The molecule has 0 N–H and O–H groups in total. The Balaban J connectivity index is 1.46. The summed E-state index contributed by atoms with van der Waals surface area (Å²) in [5.74, 6) is 0. The van der Waals surface area contributed by atoms with Gasteiger partial charge in [0.1, 0.15) is 0 Å². The summed E-state index contributed by atoms with van der Waals surface area (Å²) in [5, 5.41) is 0. The fraction of sp³-hybridized carbons (Fsp3) is 0.625. The van der Waals surface area contributed by atoms with Crippen molar-refractivity contribution in [2.75, 3.05) is 39.3 Å². The van der Waals surface area contributed by atoms with Crippen molar-refractivity contribution < 1.29 is 0 Å². The molecule has 3 aliphatic heterocycles. The van der Waals surface area contributed by atoms with Crippen molar-refractivity contribution in [3.8, 4) is 0 Å². The predicted octanol–water partition coefficient (Wildman–Crippen LogP) is 2.77. The summed E-state index contributed by atoms with van der Waals surface area (Å²) in [7, 11) is 0. The third-order valence-corrected chi connectivity index (χ3v) is 5.59. The molecule has 3 rings (SSSR count). The van der Waals surface area contributed by atoms with E-state index in [0.29, 0.717) is 18.1 Å². The van der Waals surface area contributed by atoms with Gasteiger partial charge in [0.15, 0.2) is 0 Å². The first-order chi connectivity index (χ1) is 14.8. The fourth-order valence-corrected chi connectivity index (χ4v) is 3.42. The summed E-state index contributed by atoms with van der Waals surface area (Å²) in [6, 6.07) is 1.31. The maximum atomic E-state index is 3.42. The fourth-order valence-electron chi connectivity index (χ4n) is 3.42. The monoisotopic (exact) mass is 425 g/mol. The van der Waals surface area contributed by atoms with Crippen LogP contribution >= 0.6 is 0 Å². The second-order valence-corrected chi connectivity index (χ2v) is 9.12. The van der Waals surface area contributed by atoms with Crippen LogP contribution in [0.1, 0.15) is 41.5 Å². The lowest BCUT2D eigenvalue weighted by atomic mass is 10.3. The molecule has 0 saturated heterocycles. The summed E-state index contributed by atoms with van der Waals surface area (Å²) in [6.07, 6.45) is 12.7. The maximum absolute atomic E-state index is 3.42. The van der Waals surface area contributed by atoms with E-state index < -0.39 is 0 Å². The summed E-state index contributed by atoms with van der Waals surface area (Å²) < 4.78 is 0. The van der Waals surface area contributed by atoms with Crippen molar-refractivity contribution >= 4 is 0 Å². The van der Waals surface area contributed by atoms with E-state index in [4.69, 9.17) is 0 Å². The van der Waals surface area contributed by atoms with Crippen LogP contribution in [0.2, 0.25) is 0 Å². The Morgan fingerprint density at radius 2 is 0.806 bits per heavy atom. The van der Waals surface area contributed by atoms with Crippen molar-refractivity contribution in [3.05, 3.63) is 57.2 Å². The number of hydrogen-bond donors (Lipinski definition) is 0. The van der Waals surface area contributed by atoms with Crippen LogP contribution in [0.15, 0.2) is 37.2 Å². The molecule has 170 valence electrons. The van der Waals surface area contributed by atoms with Gasteiger partial charge in [-0.1, -0.05) is 0 Å². The molecule has 0 bridgehead atoms. The van der Waals surface area contributed by atoms with Crippen LogP contribution in [-0.4, -0.2) is 91.7 Å². The van der Waals surface area contributed by atoms with Gasteiger partial charge >= 0.3 is 0 Å². The van der Waals surface area contributed by atoms with Gasteiger partial charge in [-0.2, -0.15) is 0 Å². The van der Waals surface area contributed by atoms with Gasteiger partial charge in [0.25, 0.3) is 0 Å². The average Bonchev–Trinajstić information content (AvgIpc) is 3.47. The Morgan fingerprint density at radius 1 is 0.516 bits per heavy atom. The normalized spacial score (nSPS) is 18.8.